The summed E-state index contributed by atoms with van der Waals surface area (Å²) in [5.74, 6) is -1.19. The topological polar surface area (TPSA) is 50.4 Å². The van der Waals surface area contributed by atoms with Crippen LogP contribution in [-0.4, -0.2) is 5.11 Å². The highest BCUT2D eigenvalue weighted by atomic mass is 19.1. The lowest BCUT2D eigenvalue weighted by molar-refractivity contribution is 0.427. The Hall–Kier alpha value is -1.84. The molecule has 0 aliphatic carbocycles. The third kappa shape index (κ3) is 1.38. The summed E-state index contributed by atoms with van der Waals surface area (Å²) >= 11 is 0. The predicted octanol–water partition coefficient (Wildman–Crippen LogP) is 2.25. The van der Waals surface area contributed by atoms with Crippen molar-refractivity contribution >= 4 is 11.0 Å². The van der Waals surface area contributed by atoms with Crippen molar-refractivity contribution < 1.29 is 13.9 Å². The Morgan fingerprint density at radius 3 is 2.67 bits per heavy atom. The molecule has 1 aromatic heterocycles. The Morgan fingerprint density at radius 1 is 1.33 bits per heavy atom. The Balaban J connectivity index is 3.05. The SMILES string of the molecule is Cc1cc(=O)oc2c(C)c(O)c(F)cc12. The third-order valence-electron chi connectivity index (χ3n) is 2.40. The average Bonchev–Trinajstić information content (AvgIpc) is 2.17. The number of phenolic OH excluding ortho intramolecular Hbond substituents is 1. The molecule has 2 rings (SSSR count). The number of halogens is 1. The minimum atomic E-state index is -0.711. The van der Waals surface area contributed by atoms with Crippen molar-refractivity contribution in [3.63, 3.8) is 0 Å². The van der Waals surface area contributed by atoms with Crippen molar-refractivity contribution in [2.45, 2.75) is 13.8 Å². The Labute approximate surface area is 84.8 Å². The monoisotopic (exact) mass is 208 g/mol. The molecule has 0 aliphatic heterocycles. The standard InChI is InChI=1S/C11H9FO3/c1-5-3-9(13)15-11-6(2)10(14)8(12)4-7(5)11/h3-4,14H,1-2H3. The summed E-state index contributed by atoms with van der Waals surface area (Å²) < 4.78 is 18.1. The molecule has 0 spiro atoms. The Kier molecular flexibility index (Phi) is 2.00. The van der Waals surface area contributed by atoms with E-state index in [-0.39, 0.29) is 11.1 Å². The van der Waals surface area contributed by atoms with Gasteiger partial charge in [0.1, 0.15) is 5.58 Å². The largest absolute Gasteiger partial charge is 0.505 e. The Morgan fingerprint density at radius 2 is 2.00 bits per heavy atom. The fraction of sp³-hybridized carbons (Fsp3) is 0.182. The van der Waals surface area contributed by atoms with Gasteiger partial charge in [0.25, 0.3) is 0 Å². The fourth-order valence-electron chi connectivity index (χ4n) is 1.56. The van der Waals surface area contributed by atoms with E-state index in [1.165, 1.54) is 13.0 Å². The first-order valence-corrected chi connectivity index (χ1v) is 4.43. The Bertz CT molecular complexity index is 599. The van der Waals surface area contributed by atoms with E-state index in [4.69, 9.17) is 4.42 Å². The van der Waals surface area contributed by atoms with Crippen LogP contribution in [0.25, 0.3) is 11.0 Å². The van der Waals surface area contributed by atoms with E-state index >= 15 is 0 Å². The van der Waals surface area contributed by atoms with E-state index in [0.717, 1.165) is 6.07 Å². The van der Waals surface area contributed by atoms with Crippen molar-refractivity contribution in [1.29, 1.82) is 0 Å². The van der Waals surface area contributed by atoms with Gasteiger partial charge in [-0.15, -0.1) is 0 Å². The fourth-order valence-corrected chi connectivity index (χ4v) is 1.56. The highest BCUT2D eigenvalue weighted by Crippen LogP contribution is 2.29. The molecule has 0 amide bonds. The predicted molar refractivity (Wildman–Crippen MR) is 53.6 cm³/mol. The summed E-state index contributed by atoms with van der Waals surface area (Å²) in [6.07, 6.45) is 0. The maximum atomic E-state index is 13.2. The van der Waals surface area contributed by atoms with Gasteiger partial charge in [0.2, 0.25) is 0 Å². The van der Waals surface area contributed by atoms with E-state index in [9.17, 15) is 14.3 Å². The lowest BCUT2D eigenvalue weighted by atomic mass is 10.1. The van der Waals surface area contributed by atoms with Gasteiger partial charge in [-0.05, 0) is 25.5 Å². The van der Waals surface area contributed by atoms with Crippen molar-refractivity contribution in [3.8, 4) is 5.75 Å². The van der Waals surface area contributed by atoms with Crippen LogP contribution in [0.4, 0.5) is 4.39 Å². The van der Waals surface area contributed by atoms with Gasteiger partial charge in [-0.2, -0.15) is 0 Å². The number of fused-ring (bicyclic) bond motifs is 1. The number of aromatic hydroxyl groups is 1. The van der Waals surface area contributed by atoms with Gasteiger partial charge in [-0.25, -0.2) is 9.18 Å². The van der Waals surface area contributed by atoms with Crippen LogP contribution in [0, 0.1) is 19.7 Å². The molecular weight excluding hydrogens is 199 g/mol. The van der Waals surface area contributed by atoms with Crippen molar-refractivity contribution in [2.75, 3.05) is 0 Å². The highest BCUT2D eigenvalue weighted by molar-refractivity contribution is 5.84. The normalized spacial score (nSPS) is 10.9. The van der Waals surface area contributed by atoms with Crippen LogP contribution in [0.2, 0.25) is 0 Å². The number of phenols is 1. The average molecular weight is 208 g/mol. The van der Waals surface area contributed by atoms with E-state index in [1.807, 2.05) is 0 Å². The summed E-state index contributed by atoms with van der Waals surface area (Å²) in [5.41, 5.74) is 0.599. The second kappa shape index (κ2) is 3.08. The molecule has 0 aliphatic rings. The van der Waals surface area contributed by atoms with Gasteiger partial charge < -0.3 is 9.52 Å². The summed E-state index contributed by atoms with van der Waals surface area (Å²) in [5, 5.41) is 9.85. The van der Waals surface area contributed by atoms with E-state index in [0.29, 0.717) is 10.9 Å². The molecule has 78 valence electrons. The first-order chi connectivity index (χ1) is 7.00. The van der Waals surface area contributed by atoms with Gasteiger partial charge in [0.05, 0.1) is 0 Å². The van der Waals surface area contributed by atoms with Crippen LogP contribution in [0.3, 0.4) is 0 Å². The van der Waals surface area contributed by atoms with Crippen LogP contribution in [-0.2, 0) is 0 Å². The minimum Gasteiger partial charge on any atom is -0.505 e. The molecule has 2 aromatic rings. The van der Waals surface area contributed by atoms with E-state index in [2.05, 4.69) is 0 Å². The zero-order valence-electron chi connectivity index (χ0n) is 8.30. The molecule has 0 fully saturated rings. The van der Waals surface area contributed by atoms with Crippen molar-refractivity contribution in [1.82, 2.24) is 0 Å². The van der Waals surface area contributed by atoms with Crippen LogP contribution < -0.4 is 5.63 Å². The number of hydrogen-bond acceptors (Lipinski definition) is 3. The maximum absolute atomic E-state index is 13.2. The molecule has 1 aromatic carbocycles. The van der Waals surface area contributed by atoms with E-state index in [1.54, 1.807) is 6.92 Å². The molecule has 3 nitrogen and oxygen atoms in total. The molecule has 0 saturated heterocycles. The summed E-state index contributed by atoms with van der Waals surface area (Å²) in [4.78, 5) is 11.1. The summed E-state index contributed by atoms with van der Waals surface area (Å²) in [7, 11) is 0. The number of benzene rings is 1. The molecule has 0 radical (unpaired) electrons. The van der Waals surface area contributed by atoms with E-state index < -0.39 is 17.2 Å². The van der Waals surface area contributed by atoms with Crippen LogP contribution >= 0.6 is 0 Å². The highest BCUT2D eigenvalue weighted by Gasteiger charge is 2.13. The molecule has 1 N–H and O–H groups in total. The smallest absolute Gasteiger partial charge is 0.336 e. The summed E-state index contributed by atoms with van der Waals surface area (Å²) in [6.45, 7) is 3.19. The zero-order valence-corrected chi connectivity index (χ0v) is 8.30. The molecule has 0 bridgehead atoms. The second-order valence-corrected chi connectivity index (χ2v) is 3.46. The van der Waals surface area contributed by atoms with Gasteiger partial charge in [-0.1, -0.05) is 0 Å². The molecule has 1 heterocycles. The quantitative estimate of drug-likeness (QED) is 0.675. The van der Waals surface area contributed by atoms with Gasteiger partial charge in [0.15, 0.2) is 11.6 Å². The third-order valence-corrected chi connectivity index (χ3v) is 2.40. The first-order valence-electron chi connectivity index (χ1n) is 4.43. The van der Waals surface area contributed by atoms with Crippen molar-refractivity contribution in [2.24, 2.45) is 0 Å². The summed E-state index contributed by atoms with van der Waals surface area (Å²) in [6, 6.07) is 2.45. The minimum absolute atomic E-state index is 0.235. The lowest BCUT2D eigenvalue weighted by Crippen LogP contribution is -1.99. The molecular formula is C11H9FO3. The first kappa shape index (κ1) is 9.71. The maximum Gasteiger partial charge on any atom is 0.336 e. The molecule has 15 heavy (non-hydrogen) atoms. The van der Waals surface area contributed by atoms with Gasteiger partial charge in [-0.3, -0.25) is 0 Å². The molecule has 4 heteroatoms. The van der Waals surface area contributed by atoms with Crippen molar-refractivity contribution in [3.05, 3.63) is 39.5 Å². The molecule has 0 unspecified atom stereocenters. The van der Waals surface area contributed by atoms with Crippen LogP contribution in [0.15, 0.2) is 21.3 Å². The number of rotatable bonds is 0. The number of aryl methyl sites for hydroxylation is 2. The van der Waals surface area contributed by atoms with Crippen LogP contribution in [0.1, 0.15) is 11.1 Å². The van der Waals surface area contributed by atoms with Gasteiger partial charge in [0, 0.05) is 17.0 Å². The van der Waals surface area contributed by atoms with Gasteiger partial charge >= 0.3 is 5.63 Å². The molecule has 0 saturated carbocycles. The second-order valence-electron chi connectivity index (χ2n) is 3.46. The van der Waals surface area contributed by atoms with Crippen LogP contribution in [0.5, 0.6) is 5.75 Å². The number of hydrogen-bond donors (Lipinski definition) is 1. The zero-order chi connectivity index (χ0) is 11.2. The molecule has 0 atom stereocenters. The lowest BCUT2D eigenvalue weighted by Gasteiger charge is -2.05.